The molecular formula is C15H24ClN3S. The number of halogens is 1. The molecule has 0 fully saturated rings. The van der Waals surface area contributed by atoms with Gasteiger partial charge in [-0.2, -0.15) is 11.8 Å². The lowest BCUT2D eigenvalue weighted by Crippen LogP contribution is -2.38. The van der Waals surface area contributed by atoms with Gasteiger partial charge in [0, 0.05) is 30.4 Å². The van der Waals surface area contributed by atoms with Crippen molar-refractivity contribution in [2.45, 2.75) is 19.8 Å². The van der Waals surface area contributed by atoms with Crippen LogP contribution in [-0.2, 0) is 6.42 Å². The molecule has 112 valence electrons. The quantitative estimate of drug-likeness (QED) is 0.439. The van der Waals surface area contributed by atoms with Crippen LogP contribution in [-0.4, -0.2) is 37.6 Å². The molecule has 0 aliphatic rings. The number of thioether (sulfide) groups is 1. The second-order valence-corrected chi connectivity index (χ2v) is 5.83. The molecule has 0 atom stereocenters. The summed E-state index contributed by atoms with van der Waals surface area (Å²) in [6.45, 7) is 4.75. The highest BCUT2D eigenvalue weighted by molar-refractivity contribution is 7.98. The van der Waals surface area contributed by atoms with Crippen molar-refractivity contribution in [3.8, 4) is 0 Å². The summed E-state index contributed by atoms with van der Waals surface area (Å²) in [4.78, 5) is 4.58. The summed E-state index contributed by atoms with van der Waals surface area (Å²) in [5, 5.41) is 7.38. The molecule has 0 aromatic heterocycles. The van der Waals surface area contributed by atoms with E-state index >= 15 is 0 Å². The number of nitrogens with zero attached hydrogens (tertiary/aromatic N) is 1. The zero-order valence-corrected chi connectivity index (χ0v) is 13.9. The monoisotopic (exact) mass is 313 g/mol. The lowest BCUT2D eigenvalue weighted by atomic mass is 10.1. The van der Waals surface area contributed by atoms with Gasteiger partial charge in [-0.3, -0.25) is 4.99 Å². The van der Waals surface area contributed by atoms with Crippen LogP contribution in [0.5, 0.6) is 0 Å². The molecule has 0 spiro atoms. The average Bonchev–Trinajstić information content (AvgIpc) is 2.45. The zero-order valence-electron chi connectivity index (χ0n) is 12.3. The zero-order chi connectivity index (χ0) is 14.6. The smallest absolute Gasteiger partial charge is 0.191 e. The summed E-state index contributed by atoms with van der Waals surface area (Å²) in [6.07, 6.45) is 4.18. The van der Waals surface area contributed by atoms with Gasteiger partial charge in [0.05, 0.1) is 0 Å². The van der Waals surface area contributed by atoms with Crippen LogP contribution in [0, 0.1) is 0 Å². The molecule has 0 unspecified atom stereocenters. The Balaban J connectivity index is 2.30. The molecule has 0 aliphatic heterocycles. The van der Waals surface area contributed by atoms with Crippen molar-refractivity contribution in [1.82, 2.24) is 10.6 Å². The minimum absolute atomic E-state index is 0.791. The SMILES string of the molecule is CCNC(=NCCCc1ccc(Cl)cc1)NCCSC. The Hall–Kier alpha value is -0.870. The van der Waals surface area contributed by atoms with Crippen molar-refractivity contribution in [3.63, 3.8) is 0 Å². The normalized spacial score (nSPS) is 11.4. The molecule has 0 amide bonds. The van der Waals surface area contributed by atoms with Gasteiger partial charge in [0.1, 0.15) is 0 Å². The maximum Gasteiger partial charge on any atom is 0.191 e. The van der Waals surface area contributed by atoms with E-state index in [2.05, 4.69) is 40.9 Å². The molecule has 0 saturated carbocycles. The number of guanidine groups is 1. The molecular weight excluding hydrogens is 290 g/mol. The average molecular weight is 314 g/mol. The van der Waals surface area contributed by atoms with Crippen LogP contribution < -0.4 is 10.6 Å². The van der Waals surface area contributed by atoms with Crippen molar-refractivity contribution in [2.75, 3.05) is 31.6 Å². The lowest BCUT2D eigenvalue weighted by Gasteiger charge is -2.10. The highest BCUT2D eigenvalue weighted by atomic mass is 35.5. The van der Waals surface area contributed by atoms with Gasteiger partial charge in [-0.25, -0.2) is 0 Å². The second kappa shape index (κ2) is 10.9. The second-order valence-electron chi connectivity index (χ2n) is 4.41. The number of aryl methyl sites for hydroxylation is 1. The molecule has 1 rings (SSSR count). The molecule has 0 bridgehead atoms. The molecule has 0 aliphatic carbocycles. The molecule has 0 heterocycles. The van der Waals surface area contributed by atoms with E-state index in [1.165, 1.54) is 5.56 Å². The van der Waals surface area contributed by atoms with Crippen molar-refractivity contribution >= 4 is 29.3 Å². The van der Waals surface area contributed by atoms with Gasteiger partial charge < -0.3 is 10.6 Å². The van der Waals surface area contributed by atoms with E-state index in [0.717, 1.165) is 49.2 Å². The van der Waals surface area contributed by atoms with Gasteiger partial charge in [-0.05, 0) is 43.7 Å². The Labute approximate surface area is 131 Å². The maximum absolute atomic E-state index is 5.87. The van der Waals surface area contributed by atoms with E-state index in [0.29, 0.717) is 0 Å². The summed E-state index contributed by atoms with van der Waals surface area (Å²) in [7, 11) is 0. The summed E-state index contributed by atoms with van der Waals surface area (Å²) in [5.41, 5.74) is 1.31. The van der Waals surface area contributed by atoms with Gasteiger partial charge >= 0.3 is 0 Å². The molecule has 3 nitrogen and oxygen atoms in total. The molecule has 20 heavy (non-hydrogen) atoms. The van der Waals surface area contributed by atoms with Crippen molar-refractivity contribution in [2.24, 2.45) is 4.99 Å². The number of aliphatic imine (C=N–C) groups is 1. The molecule has 2 N–H and O–H groups in total. The van der Waals surface area contributed by atoms with Crippen LogP contribution in [0.4, 0.5) is 0 Å². The van der Waals surface area contributed by atoms with E-state index in [-0.39, 0.29) is 0 Å². The fourth-order valence-electron chi connectivity index (χ4n) is 1.74. The number of benzene rings is 1. The first-order valence-electron chi connectivity index (χ1n) is 7.01. The molecule has 0 saturated heterocycles. The fourth-order valence-corrected chi connectivity index (χ4v) is 2.17. The van der Waals surface area contributed by atoms with E-state index < -0.39 is 0 Å². The number of rotatable bonds is 8. The standard InChI is InChI=1S/C15H24ClN3S/c1-3-17-15(19-11-12-20-2)18-10-4-5-13-6-8-14(16)9-7-13/h6-9H,3-5,10-12H2,1-2H3,(H2,17,18,19). The molecule has 0 radical (unpaired) electrons. The summed E-state index contributed by atoms with van der Waals surface area (Å²) >= 11 is 7.70. The number of nitrogens with one attached hydrogen (secondary N) is 2. The third-order valence-electron chi connectivity index (χ3n) is 2.75. The minimum atomic E-state index is 0.791. The van der Waals surface area contributed by atoms with Crippen LogP contribution in [0.2, 0.25) is 5.02 Å². The first-order valence-corrected chi connectivity index (χ1v) is 8.79. The first-order chi connectivity index (χ1) is 9.76. The summed E-state index contributed by atoms with van der Waals surface area (Å²) < 4.78 is 0. The van der Waals surface area contributed by atoms with Crippen LogP contribution in [0.3, 0.4) is 0 Å². The van der Waals surface area contributed by atoms with Crippen LogP contribution >= 0.6 is 23.4 Å². The van der Waals surface area contributed by atoms with Gasteiger partial charge in [-0.15, -0.1) is 0 Å². The Morgan fingerprint density at radius 3 is 2.65 bits per heavy atom. The van der Waals surface area contributed by atoms with Gasteiger partial charge in [0.15, 0.2) is 5.96 Å². The Morgan fingerprint density at radius 2 is 2.00 bits per heavy atom. The predicted molar refractivity (Wildman–Crippen MR) is 92.1 cm³/mol. The highest BCUT2D eigenvalue weighted by Crippen LogP contribution is 2.10. The highest BCUT2D eigenvalue weighted by Gasteiger charge is 1.97. The Morgan fingerprint density at radius 1 is 1.25 bits per heavy atom. The predicted octanol–water partition coefficient (Wildman–Crippen LogP) is 3.19. The maximum atomic E-state index is 5.87. The Kier molecular flexibility index (Phi) is 9.33. The lowest BCUT2D eigenvalue weighted by molar-refractivity contribution is 0.796. The molecule has 1 aromatic rings. The van der Waals surface area contributed by atoms with E-state index in [1.54, 1.807) is 0 Å². The number of hydrogen-bond donors (Lipinski definition) is 2. The minimum Gasteiger partial charge on any atom is -0.357 e. The summed E-state index contributed by atoms with van der Waals surface area (Å²) in [5.74, 6) is 2.01. The third-order valence-corrected chi connectivity index (χ3v) is 3.61. The Bertz CT molecular complexity index is 393. The van der Waals surface area contributed by atoms with Gasteiger partial charge in [0.2, 0.25) is 0 Å². The van der Waals surface area contributed by atoms with E-state index in [4.69, 9.17) is 11.6 Å². The molecule has 5 heteroatoms. The number of hydrogen-bond acceptors (Lipinski definition) is 2. The van der Waals surface area contributed by atoms with Crippen LogP contribution in [0.1, 0.15) is 18.9 Å². The topological polar surface area (TPSA) is 36.4 Å². The van der Waals surface area contributed by atoms with Crippen LogP contribution in [0.15, 0.2) is 29.3 Å². The van der Waals surface area contributed by atoms with Crippen molar-refractivity contribution in [1.29, 1.82) is 0 Å². The van der Waals surface area contributed by atoms with Crippen molar-refractivity contribution in [3.05, 3.63) is 34.9 Å². The van der Waals surface area contributed by atoms with Crippen molar-refractivity contribution < 1.29 is 0 Å². The fraction of sp³-hybridized carbons (Fsp3) is 0.533. The van der Waals surface area contributed by atoms with E-state index in [9.17, 15) is 0 Å². The largest absolute Gasteiger partial charge is 0.357 e. The van der Waals surface area contributed by atoms with E-state index in [1.807, 2.05) is 23.9 Å². The van der Waals surface area contributed by atoms with Gasteiger partial charge in [-0.1, -0.05) is 23.7 Å². The summed E-state index contributed by atoms with van der Waals surface area (Å²) in [6, 6.07) is 8.03. The van der Waals surface area contributed by atoms with Gasteiger partial charge in [0.25, 0.3) is 0 Å². The molecule has 1 aromatic carbocycles. The van der Waals surface area contributed by atoms with Crippen LogP contribution in [0.25, 0.3) is 0 Å². The first kappa shape index (κ1) is 17.2. The third kappa shape index (κ3) is 7.65.